The van der Waals surface area contributed by atoms with Crippen LogP contribution in [-0.4, -0.2) is 48.8 Å². The highest BCUT2D eigenvalue weighted by Crippen LogP contribution is 2.48. The first-order valence-electron chi connectivity index (χ1n) is 7.09. The first-order chi connectivity index (χ1) is 11.0. The summed E-state index contributed by atoms with van der Waals surface area (Å²) in [5, 5.41) is 9.45. The molecule has 2 N–H and O–H groups in total. The van der Waals surface area contributed by atoms with Crippen molar-refractivity contribution in [2.24, 2.45) is 0 Å². The quantitative estimate of drug-likeness (QED) is 0.837. The van der Waals surface area contributed by atoms with E-state index < -0.39 is 45.9 Å². The summed E-state index contributed by atoms with van der Waals surface area (Å²) in [6.07, 6.45) is -1.59. The lowest BCUT2D eigenvalue weighted by molar-refractivity contribution is -0.00920. The molecule has 1 aliphatic rings. The molecule has 1 aromatic rings. The van der Waals surface area contributed by atoms with Crippen molar-refractivity contribution in [1.82, 2.24) is 9.62 Å². The maximum atomic E-state index is 14.5. The molecule has 1 aliphatic heterocycles. The third kappa shape index (κ3) is 3.07. The zero-order valence-electron chi connectivity index (χ0n) is 13.0. The molecule has 134 valence electrons. The minimum atomic E-state index is -4.01. The molecule has 2 unspecified atom stereocenters. The molecule has 0 saturated carbocycles. The highest BCUT2D eigenvalue weighted by atomic mass is 35.5. The van der Waals surface area contributed by atoms with E-state index in [2.05, 4.69) is 0 Å². The van der Waals surface area contributed by atoms with Gasteiger partial charge in [-0.15, -0.1) is 0 Å². The van der Waals surface area contributed by atoms with Crippen LogP contribution in [0.4, 0.5) is 13.6 Å². The summed E-state index contributed by atoms with van der Waals surface area (Å²) < 4.78 is 54.8. The average Bonchev–Trinajstić information content (AvgIpc) is 2.69. The van der Waals surface area contributed by atoms with Crippen molar-refractivity contribution in [3.63, 3.8) is 0 Å². The number of sulfonamides is 1. The molecule has 24 heavy (non-hydrogen) atoms. The number of nitrogens with one attached hydrogen (secondary N) is 1. The van der Waals surface area contributed by atoms with Crippen molar-refractivity contribution in [3.8, 4) is 0 Å². The Labute approximate surface area is 143 Å². The second-order valence-corrected chi connectivity index (χ2v) is 8.16. The molecule has 0 aromatic heterocycles. The number of hydrogen-bond acceptors (Lipinski definition) is 3. The number of likely N-dealkylation sites (tertiary alicyclic amines) is 1. The lowest BCUT2D eigenvalue weighted by atomic mass is 9.84. The lowest BCUT2D eigenvalue weighted by Gasteiger charge is -2.38. The van der Waals surface area contributed by atoms with Gasteiger partial charge < -0.3 is 5.11 Å². The summed E-state index contributed by atoms with van der Waals surface area (Å²) in [4.78, 5) is 12.1. The first kappa shape index (κ1) is 18.9. The minimum absolute atomic E-state index is 0.0737. The van der Waals surface area contributed by atoms with E-state index in [1.165, 1.54) is 32.0 Å². The number of carboxylic acid groups (broad SMARTS) is 1. The Morgan fingerprint density at radius 1 is 1.46 bits per heavy atom. The van der Waals surface area contributed by atoms with Crippen LogP contribution < -0.4 is 4.72 Å². The number of carbonyl (C=O) groups is 1. The molecule has 1 amide bonds. The first-order valence-corrected chi connectivity index (χ1v) is 9.12. The van der Waals surface area contributed by atoms with E-state index >= 15 is 0 Å². The molecule has 1 aromatic carbocycles. The van der Waals surface area contributed by atoms with Crippen LogP contribution >= 0.6 is 11.6 Å². The number of alkyl halides is 2. The van der Waals surface area contributed by atoms with Crippen molar-refractivity contribution in [1.29, 1.82) is 0 Å². The zero-order chi connectivity index (χ0) is 18.3. The minimum Gasteiger partial charge on any atom is -0.465 e. The van der Waals surface area contributed by atoms with Crippen molar-refractivity contribution in [2.75, 3.05) is 12.3 Å². The molecule has 1 heterocycles. The standard InChI is InChI=1S/C14H17ClF2N2O4S/c1-3-24(22,23)18-11-13(2,9-6-4-5-7-10(9)15)19(12(20)21)8-14(11,16)17/h4-7,11,18H,3,8H2,1-2H3,(H,20,21). The normalized spacial score (nSPS) is 26.5. The monoisotopic (exact) mass is 382 g/mol. The average molecular weight is 383 g/mol. The van der Waals surface area contributed by atoms with Gasteiger partial charge in [-0.05, 0) is 25.5 Å². The van der Waals surface area contributed by atoms with Gasteiger partial charge >= 0.3 is 6.09 Å². The third-order valence-electron chi connectivity index (χ3n) is 4.24. The van der Waals surface area contributed by atoms with Gasteiger partial charge in [0, 0.05) is 5.02 Å². The molecule has 6 nitrogen and oxygen atoms in total. The fourth-order valence-electron chi connectivity index (χ4n) is 2.94. The van der Waals surface area contributed by atoms with E-state index in [9.17, 15) is 27.1 Å². The van der Waals surface area contributed by atoms with Crippen LogP contribution in [-0.2, 0) is 15.6 Å². The maximum absolute atomic E-state index is 14.5. The summed E-state index contributed by atoms with van der Waals surface area (Å²) in [5.74, 6) is -4.01. The Morgan fingerprint density at radius 2 is 2.04 bits per heavy atom. The van der Waals surface area contributed by atoms with Gasteiger partial charge in [0.15, 0.2) is 0 Å². The van der Waals surface area contributed by atoms with E-state index in [-0.39, 0.29) is 10.6 Å². The Hall–Kier alpha value is -1.45. The molecule has 2 atom stereocenters. The second kappa shape index (κ2) is 6.12. The predicted octanol–water partition coefficient (Wildman–Crippen LogP) is 2.49. The van der Waals surface area contributed by atoms with Gasteiger partial charge in [-0.2, -0.15) is 0 Å². The topological polar surface area (TPSA) is 86.7 Å². The van der Waals surface area contributed by atoms with Crippen molar-refractivity contribution in [2.45, 2.75) is 31.4 Å². The number of hydrogen-bond donors (Lipinski definition) is 2. The summed E-state index contributed by atoms with van der Waals surface area (Å²) in [6.45, 7) is 1.41. The largest absolute Gasteiger partial charge is 0.465 e. The van der Waals surface area contributed by atoms with Gasteiger partial charge in [0.25, 0.3) is 5.92 Å². The van der Waals surface area contributed by atoms with Gasteiger partial charge in [0.05, 0.1) is 17.8 Å². The Balaban J connectivity index is 2.68. The molecule has 2 rings (SSSR count). The van der Waals surface area contributed by atoms with Crippen LogP contribution in [0.5, 0.6) is 0 Å². The Kier molecular flexibility index (Phi) is 4.82. The summed E-state index contributed by atoms with van der Waals surface area (Å²) in [5.41, 5.74) is -1.76. The summed E-state index contributed by atoms with van der Waals surface area (Å²) >= 11 is 6.09. The Morgan fingerprint density at radius 3 is 2.54 bits per heavy atom. The highest BCUT2D eigenvalue weighted by molar-refractivity contribution is 7.89. The molecule has 1 fully saturated rings. The van der Waals surface area contributed by atoms with Crippen LogP contribution in [0.2, 0.25) is 5.02 Å². The number of halogens is 3. The predicted molar refractivity (Wildman–Crippen MR) is 84.9 cm³/mol. The van der Waals surface area contributed by atoms with E-state index in [0.29, 0.717) is 4.90 Å². The van der Waals surface area contributed by atoms with E-state index in [1.54, 1.807) is 6.07 Å². The van der Waals surface area contributed by atoms with Crippen LogP contribution in [0.15, 0.2) is 24.3 Å². The van der Waals surface area contributed by atoms with Gasteiger partial charge in [0.2, 0.25) is 10.0 Å². The molecule has 10 heteroatoms. The number of amides is 1. The van der Waals surface area contributed by atoms with E-state index in [4.69, 9.17) is 11.6 Å². The van der Waals surface area contributed by atoms with Crippen molar-refractivity contribution < 1.29 is 27.1 Å². The van der Waals surface area contributed by atoms with E-state index in [0.717, 1.165) is 0 Å². The summed E-state index contributed by atoms with van der Waals surface area (Å²) in [7, 11) is -4.01. The number of rotatable bonds is 4. The molecule has 0 radical (unpaired) electrons. The molecular formula is C14H17ClF2N2O4S. The zero-order valence-corrected chi connectivity index (χ0v) is 14.5. The molecule has 0 spiro atoms. The van der Waals surface area contributed by atoms with Crippen LogP contribution in [0.25, 0.3) is 0 Å². The fourth-order valence-corrected chi connectivity index (χ4v) is 4.19. The molecular weight excluding hydrogens is 366 g/mol. The van der Waals surface area contributed by atoms with Gasteiger partial charge in [-0.1, -0.05) is 29.8 Å². The van der Waals surface area contributed by atoms with Gasteiger partial charge in [-0.3, -0.25) is 4.90 Å². The van der Waals surface area contributed by atoms with Gasteiger partial charge in [0.1, 0.15) is 6.04 Å². The molecule has 0 aliphatic carbocycles. The van der Waals surface area contributed by atoms with Crippen LogP contribution in [0.3, 0.4) is 0 Å². The number of benzene rings is 1. The lowest BCUT2D eigenvalue weighted by Crippen LogP contribution is -2.57. The van der Waals surface area contributed by atoms with Crippen molar-refractivity contribution >= 4 is 27.7 Å². The molecule has 0 bridgehead atoms. The maximum Gasteiger partial charge on any atom is 0.408 e. The van der Waals surface area contributed by atoms with Gasteiger partial charge in [-0.25, -0.2) is 26.7 Å². The Bertz CT molecular complexity index is 759. The highest BCUT2D eigenvalue weighted by Gasteiger charge is 2.64. The fraction of sp³-hybridized carbons (Fsp3) is 0.500. The van der Waals surface area contributed by atoms with Crippen LogP contribution in [0.1, 0.15) is 19.4 Å². The molecule has 1 saturated heterocycles. The van der Waals surface area contributed by atoms with Crippen molar-refractivity contribution in [3.05, 3.63) is 34.9 Å². The third-order valence-corrected chi connectivity index (χ3v) is 5.93. The van der Waals surface area contributed by atoms with Crippen LogP contribution in [0, 0.1) is 0 Å². The second-order valence-electron chi connectivity index (χ2n) is 5.71. The summed E-state index contributed by atoms with van der Waals surface area (Å²) in [6, 6.07) is 3.95. The van der Waals surface area contributed by atoms with E-state index in [1.807, 2.05) is 4.72 Å². The smallest absolute Gasteiger partial charge is 0.408 e. The SMILES string of the molecule is CCS(=O)(=O)NC1C(F)(F)CN(C(=O)O)C1(C)c1ccccc1Cl. The number of nitrogens with zero attached hydrogens (tertiary/aromatic N) is 1.